The van der Waals surface area contributed by atoms with Gasteiger partial charge < -0.3 is 24.0 Å². The number of urea groups is 1. The quantitative estimate of drug-likeness (QED) is 0.686. The van der Waals surface area contributed by atoms with Crippen LogP contribution in [0.1, 0.15) is 17.5 Å². The van der Waals surface area contributed by atoms with Crippen molar-refractivity contribution in [1.82, 2.24) is 24.6 Å². The van der Waals surface area contributed by atoms with Gasteiger partial charge in [0.2, 0.25) is 5.89 Å². The smallest absolute Gasteiger partial charge is 0.322 e. The fourth-order valence-electron chi connectivity index (χ4n) is 2.50. The maximum Gasteiger partial charge on any atom is 0.322 e. The summed E-state index contributed by atoms with van der Waals surface area (Å²) in [7, 11) is 3.28. The molecule has 9 heteroatoms. The molecule has 0 unspecified atom stereocenters. The molecule has 9 nitrogen and oxygen atoms in total. The zero-order valence-electron chi connectivity index (χ0n) is 15.5. The molecule has 0 fully saturated rings. The first kappa shape index (κ1) is 18.6. The summed E-state index contributed by atoms with van der Waals surface area (Å²) in [6, 6.07) is 7.26. The summed E-state index contributed by atoms with van der Waals surface area (Å²) in [5.74, 6) is 1.84. The van der Waals surface area contributed by atoms with Crippen LogP contribution in [-0.4, -0.2) is 51.4 Å². The van der Waals surface area contributed by atoms with E-state index in [1.165, 1.54) is 4.90 Å². The molecule has 0 bridgehead atoms. The van der Waals surface area contributed by atoms with Gasteiger partial charge in [0.15, 0.2) is 5.82 Å². The molecular weight excluding hydrogens is 348 g/mol. The van der Waals surface area contributed by atoms with Crippen molar-refractivity contribution in [2.75, 3.05) is 26.1 Å². The van der Waals surface area contributed by atoms with E-state index >= 15 is 0 Å². The number of hydrogen-bond acceptors (Lipinski definition) is 6. The van der Waals surface area contributed by atoms with E-state index in [9.17, 15) is 4.79 Å². The first-order chi connectivity index (χ1) is 13.1. The Labute approximate surface area is 157 Å². The summed E-state index contributed by atoms with van der Waals surface area (Å²) in [6.07, 6.45) is 4.21. The molecule has 1 aromatic carbocycles. The van der Waals surface area contributed by atoms with Crippen LogP contribution in [0.5, 0.6) is 0 Å². The lowest BCUT2D eigenvalue weighted by molar-refractivity contribution is 0.199. The van der Waals surface area contributed by atoms with Crippen LogP contribution in [0.15, 0.2) is 41.2 Å². The first-order valence-electron chi connectivity index (χ1n) is 8.49. The average Bonchev–Trinajstić information content (AvgIpc) is 3.29. The number of methoxy groups -OCH3 is 1. The number of rotatable bonds is 7. The topological polar surface area (TPSA) is 98.3 Å². The minimum Gasteiger partial charge on any atom is -0.384 e. The third-order valence-electron chi connectivity index (χ3n) is 3.98. The van der Waals surface area contributed by atoms with Gasteiger partial charge in [0.1, 0.15) is 12.4 Å². The third-order valence-corrected chi connectivity index (χ3v) is 3.98. The van der Waals surface area contributed by atoms with Crippen LogP contribution >= 0.6 is 0 Å². The number of aromatic nitrogens is 4. The Morgan fingerprint density at radius 1 is 1.33 bits per heavy atom. The molecule has 2 heterocycles. The number of anilines is 1. The molecule has 3 rings (SSSR count). The number of nitrogens with one attached hydrogen (secondary N) is 1. The van der Waals surface area contributed by atoms with Gasteiger partial charge in [0.25, 0.3) is 0 Å². The molecule has 27 heavy (non-hydrogen) atoms. The SMILES string of the molecule is COCCc1noc(CN(C)C(=O)Nc2ccc(-n3ccnc3C)cc2)n1. The van der Waals surface area contributed by atoms with Crippen molar-refractivity contribution in [3.63, 3.8) is 0 Å². The van der Waals surface area contributed by atoms with Crippen LogP contribution in [0.4, 0.5) is 10.5 Å². The van der Waals surface area contributed by atoms with Crippen molar-refractivity contribution >= 4 is 11.7 Å². The fraction of sp³-hybridized carbons (Fsp3) is 0.333. The Balaban J connectivity index is 1.56. The van der Waals surface area contributed by atoms with Gasteiger partial charge >= 0.3 is 6.03 Å². The highest BCUT2D eigenvalue weighted by Gasteiger charge is 2.14. The molecule has 0 atom stereocenters. The normalized spacial score (nSPS) is 10.8. The van der Waals surface area contributed by atoms with E-state index in [2.05, 4.69) is 20.4 Å². The summed E-state index contributed by atoms with van der Waals surface area (Å²) in [5.41, 5.74) is 1.67. The van der Waals surface area contributed by atoms with Gasteiger partial charge in [-0.25, -0.2) is 9.78 Å². The van der Waals surface area contributed by atoms with E-state index in [0.717, 1.165) is 11.5 Å². The average molecular weight is 370 g/mol. The second-order valence-electron chi connectivity index (χ2n) is 6.02. The number of ether oxygens (including phenoxy) is 1. The molecule has 142 valence electrons. The lowest BCUT2D eigenvalue weighted by Crippen LogP contribution is -2.30. The van der Waals surface area contributed by atoms with Gasteiger partial charge in [-0.2, -0.15) is 4.98 Å². The van der Waals surface area contributed by atoms with Crippen molar-refractivity contribution in [2.45, 2.75) is 19.9 Å². The molecule has 0 spiro atoms. The summed E-state index contributed by atoms with van der Waals surface area (Å²) in [4.78, 5) is 22.3. The molecule has 0 aliphatic rings. The zero-order valence-corrected chi connectivity index (χ0v) is 15.5. The minimum absolute atomic E-state index is 0.220. The molecule has 0 aliphatic heterocycles. The highest BCUT2D eigenvalue weighted by atomic mass is 16.5. The van der Waals surface area contributed by atoms with Gasteiger partial charge in [-0.3, -0.25) is 0 Å². The predicted molar refractivity (Wildman–Crippen MR) is 98.7 cm³/mol. The van der Waals surface area contributed by atoms with Crippen LogP contribution in [0.25, 0.3) is 5.69 Å². The van der Waals surface area contributed by atoms with E-state index in [0.29, 0.717) is 30.4 Å². The van der Waals surface area contributed by atoms with E-state index in [4.69, 9.17) is 9.26 Å². The monoisotopic (exact) mass is 370 g/mol. The molecule has 2 amide bonds. The van der Waals surface area contributed by atoms with Gasteiger partial charge in [-0.1, -0.05) is 5.16 Å². The second kappa shape index (κ2) is 8.45. The lowest BCUT2D eigenvalue weighted by atomic mass is 10.2. The number of nitrogens with zero attached hydrogens (tertiary/aromatic N) is 5. The zero-order chi connectivity index (χ0) is 19.2. The van der Waals surface area contributed by atoms with Gasteiger partial charge in [0, 0.05) is 44.3 Å². The Morgan fingerprint density at radius 3 is 2.78 bits per heavy atom. The number of carbonyl (C=O) groups excluding carboxylic acids is 1. The molecule has 2 aromatic heterocycles. The van der Waals surface area contributed by atoms with Crippen molar-refractivity contribution in [2.24, 2.45) is 0 Å². The second-order valence-corrected chi connectivity index (χ2v) is 6.02. The fourth-order valence-corrected chi connectivity index (χ4v) is 2.50. The highest BCUT2D eigenvalue weighted by molar-refractivity contribution is 5.89. The van der Waals surface area contributed by atoms with Crippen molar-refractivity contribution in [1.29, 1.82) is 0 Å². The highest BCUT2D eigenvalue weighted by Crippen LogP contribution is 2.15. The van der Waals surface area contributed by atoms with Crippen LogP contribution < -0.4 is 5.32 Å². The number of benzene rings is 1. The van der Waals surface area contributed by atoms with Crippen molar-refractivity contribution in [3.8, 4) is 5.69 Å². The van der Waals surface area contributed by atoms with E-state index < -0.39 is 0 Å². The number of amides is 2. The Hall–Kier alpha value is -3.20. The van der Waals surface area contributed by atoms with E-state index in [-0.39, 0.29) is 12.6 Å². The molecular formula is C18H22N6O3. The van der Waals surface area contributed by atoms with Crippen molar-refractivity contribution < 1.29 is 14.1 Å². The largest absolute Gasteiger partial charge is 0.384 e. The summed E-state index contributed by atoms with van der Waals surface area (Å²) >= 11 is 0. The molecule has 1 N–H and O–H groups in total. The molecule has 0 saturated heterocycles. The summed E-state index contributed by atoms with van der Waals surface area (Å²) < 4.78 is 12.1. The Morgan fingerprint density at radius 2 is 2.11 bits per heavy atom. The Bertz CT molecular complexity index is 887. The standard InChI is InChI=1S/C18H22N6O3/c1-13-19-9-10-24(13)15-6-4-14(5-7-15)20-18(25)23(2)12-17-21-16(22-27-17)8-11-26-3/h4-7,9-10H,8,11-12H2,1-3H3,(H,20,25). The maximum atomic E-state index is 12.4. The van der Waals surface area contributed by atoms with E-state index in [1.807, 2.05) is 42.0 Å². The number of hydrogen-bond donors (Lipinski definition) is 1. The third kappa shape index (κ3) is 4.70. The molecule has 3 aromatic rings. The lowest BCUT2D eigenvalue weighted by Gasteiger charge is -2.16. The van der Waals surface area contributed by atoms with Crippen LogP contribution in [-0.2, 0) is 17.7 Å². The number of carbonyl (C=O) groups is 1. The number of imidazole rings is 1. The van der Waals surface area contributed by atoms with Gasteiger partial charge in [-0.05, 0) is 31.2 Å². The molecule has 0 aliphatic carbocycles. The van der Waals surface area contributed by atoms with Gasteiger partial charge in [-0.15, -0.1) is 0 Å². The van der Waals surface area contributed by atoms with Crippen LogP contribution in [0.3, 0.4) is 0 Å². The van der Waals surface area contributed by atoms with Crippen LogP contribution in [0.2, 0.25) is 0 Å². The van der Waals surface area contributed by atoms with Crippen LogP contribution in [0, 0.1) is 6.92 Å². The van der Waals surface area contributed by atoms with E-state index in [1.54, 1.807) is 20.4 Å². The summed E-state index contributed by atoms with van der Waals surface area (Å²) in [6.45, 7) is 2.67. The Kier molecular flexibility index (Phi) is 5.82. The maximum absolute atomic E-state index is 12.4. The van der Waals surface area contributed by atoms with Crippen molar-refractivity contribution in [3.05, 3.63) is 54.2 Å². The minimum atomic E-state index is -0.266. The number of aryl methyl sites for hydroxylation is 1. The summed E-state index contributed by atoms with van der Waals surface area (Å²) in [5, 5.41) is 6.70. The molecule has 0 saturated carbocycles. The first-order valence-corrected chi connectivity index (χ1v) is 8.49. The predicted octanol–water partition coefficient (Wildman–Crippen LogP) is 2.42. The van der Waals surface area contributed by atoms with Gasteiger partial charge in [0.05, 0.1) is 6.61 Å². The molecule has 0 radical (unpaired) electrons.